The Hall–Kier alpha value is -2.71. The van der Waals surface area contributed by atoms with Crippen LogP contribution in [0.2, 0.25) is 0 Å². The molecule has 0 unspecified atom stereocenters. The van der Waals surface area contributed by atoms with Crippen LogP contribution in [0.25, 0.3) is 0 Å². The Morgan fingerprint density at radius 2 is 1.53 bits per heavy atom. The van der Waals surface area contributed by atoms with Crippen molar-refractivity contribution in [1.82, 2.24) is 14.5 Å². The average molecular weight is 460 g/mol. The number of hydrogen-bond donors (Lipinski definition) is 1. The molecule has 2 rings (SSSR count). The lowest BCUT2D eigenvalue weighted by atomic mass is 10.0. The van der Waals surface area contributed by atoms with Gasteiger partial charge in [-0.3, -0.25) is 9.59 Å². The molecule has 2 amide bonds. The maximum atomic E-state index is 13.3. The van der Waals surface area contributed by atoms with Gasteiger partial charge >= 0.3 is 0 Å². The van der Waals surface area contributed by atoms with E-state index in [2.05, 4.69) is 19.2 Å². The number of nitrogens with zero attached hydrogens (tertiary/aromatic N) is 2. The third kappa shape index (κ3) is 7.76. The van der Waals surface area contributed by atoms with Crippen molar-refractivity contribution in [3.8, 4) is 0 Å². The van der Waals surface area contributed by atoms with Gasteiger partial charge in [-0.25, -0.2) is 8.42 Å². The summed E-state index contributed by atoms with van der Waals surface area (Å²) in [5, 5.41) is 2.95. The minimum atomic E-state index is -3.55. The van der Waals surface area contributed by atoms with Crippen LogP contribution in [0.1, 0.15) is 37.4 Å². The van der Waals surface area contributed by atoms with Crippen LogP contribution in [0.3, 0.4) is 0 Å². The predicted octanol–water partition coefficient (Wildman–Crippen LogP) is 2.81. The molecule has 0 saturated carbocycles. The van der Waals surface area contributed by atoms with Crippen LogP contribution in [-0.2, 0) is 26.2 Å². The summed E-state index contributed by atoms with van der Waals surface area (Å²) in [6.07, 6.45) is 1.87. The van der Waals surface area contributed by atoms with E-state index >= 15 is 0 Å². The molecule has 0 saturated heterocycles. The lowest BCUT2D eigenvalue weighted by Crippen LogP contribution is -2.47. The molecule has 0 aliphatic heterocycles. The lowest BCUT2D eigenvalue weighted by Gasteiger charge is -2.32. The van der Waals surface area contributed by atoms with Crippen molar-refractivity contribution in [1.29, 1.82) is 0 Å². The number of carbonyl (C=O) groups excluding carboxylic acids is 2. The summed E-state index contributed by atoms with van der Waals surface area (Å²) in [6, 6.07) is 17.5. The first-order valence-electron chi connectivity index (χ1n) is 10.7. The van der Waals surface area contributed by atoms with Crippen LogP contribution >= 0.6 is 0 Å². The zero-order chi connectivity index (χ0) is 23.7. The summed E-state index contributed by atoms with van der Waals surface area (Å²) in [5.74, 6) is -0.311. The first-order chi connectivity index (χ1) is 15.1. The van der Waals surface area contributed by atoms with Gasteiger partial charge in [-0.05, 0) is 23.5 Å². The van der Waals surface area contributed by atoms with Gasteiger partial charge in [0.25, 0.3) is 0 Å². The molecule has 32 heavy (non-hydrogen) atoms. The molecule has 174 valence electrons. The van der Waals surface area contributed by atoms with E-state index in [0.717, 1.165) is 22.5 Å². The molecule has 0 spiro atoms. The number of amides is 2. The molecule has 0 radical (unpaired) electrons. The lowest BCUT2D eigenvalue weighted by molar-refractivity contribution is -0.141. The smallest absolute Gasteiger partial charge is 0.247 e. The second-order valence-electron chi connectivity index (χ2n) is 8.31. The van der Waals surface area contributed by atoms with E-state index in [1.165, 1.54) is 11.9 Å². The van der Waals surface area contributed by atoms with Crippen molar-refractivity contribution in [2.75, 3.05) is 26.4 Å². The van der Waals surface area contributed by atoms with Crippen LogP contribution in [-0.4, -0.2) is 55.8 Å². The molecule has 0 aromatic heterocycles. The molecule has 1 N–H and O–H groups in total. The highest BCUT2D eigenvalue weighted by molar-refractivity contribution is 7.88. The van der Waals surface area contributed by atoms with Crippen LogP contribution in [0.4, 0.5) is 0 Å². The number of rotatable bonds is 11. The van der Waals surface area contributed by atoms with Gasteiger partial charge in [0, 0.05) is 20.1 Å². The molecule has 0 heterocycles. The minimum Gasteiger partial charge on any atom is -0.354 e. The standard InChI is InChI=1S/C24H33N3O4S/c1-19(2)15-16-25-24(29)23(21-13-9-6-10-14-21)27(17-20-11-7-5-8-12-20)22(28)18-26(3)32(4,30)31/h5-14,19,23H,15-18H2,1-4H3,(H,25,29)/t23-/m1/s1. The Kier molecular flexibility index (Phi) is 9.41. The van der Waals surface area contributed by atoms with Crippen molar-refractivity contribution in [3.05, 3.63) is 71.8 Å². The molecule has 0 fully saturated rings. The van der Waals surface area contributed by atoms with Gasteiger partial charge in [-0.1, -0.05) is 74.5 Å². The highest BCUT2D eigenvalue weighted by Crippen LogP contribution is 2.24. The second kappa shape index (κ2) is 11.8. The first-order valence-corrected chi connectivity index (χ1v) is 12.5. The van der Waals surface area contributed by atoms with E-state index in [1.54, 1.807) is 12.1 Å². The van der Waals surface area contributed by atoms with Crippen LogP contribution in [0.15, 0.2) is 60.7 Å². The number of likely N-dealkylation sites (N-methyl/N-ethyl adjacent to an activating group) is 1. The van der Waals surface area contributed by atoms with E-state index in [0.29, 0.717) is 18.0 Å². The summed E-state index contributed by atoms with van der Waals surface area (Å²) < 4.78 is 24.8. The van der Waals surface area contributed by atoms with Crippen LogP contribution < -0.4 is 5.32 Å². The maximum absolute atomic E-state index is 13.3. The van der Waals surface area contributed by atoms with E-state index in [1.807, 2.05) is 48.5 Å². The highest BCUT2D eigenvalue weighted by Gasteiger charge is 2.32. The number of nitrogens with one attached hydrogen (secondary N) is 1. The highest BCUT2D eigenvalue weighted by atomic mass is 32.2. The normalized spacial score (nSPS) is 12.6. The predicted molar refractivity (Wildman–Crippen MR) is 126 cm³/mol. The summed E-state index contributed by atoms with van der Waals surface area (Å²) in [6.45, 7) is 4.47. The fraction of sp³-hybridized carbons (Fsp3) is 0.417. The number of carbonyl (C=O) groups is 2. The monoisotopic (exact) mass is 459 g/mol. The van der Waals surface area contributed by atoms with E-state index in [9.17, 15) is 18.0 Å². The summed E-state index contributed by atoms with van der Waals surface area (Å²) in [5.41, 5.74) is 1.51. The van der Waals surface area contributed by atoms with Crippen molar-refractivity contribution in [2.24, 2.45) is 5.92 Å². The zero-order valence-corrected chi connectivity index (χ0v) is 20.0. The Bertz CT molecular complexity index is 979. The van der Waals surface area contributed by atoms with Crippen LogP contribution in [0.5, 0.6) is 0 Å². The molecule has 8 heteroatoms. The van der Waals surface area contributed by atoms with Crippen molar-refractivity contribution < 1.29 is 18.0 Å². The largest absolute Gasteiger partial charge is 0.354 e. The Morgan fingerprint density at radius 1 is 0.969 bits per heavy atom. The molecule has 2 aromatic rings. The minimum absolute atomic E-state index is 0.175. The molecule has 0 aliphatic carbocycles. The van der Waals surface area contributed by atoms with Crippen molar-refractivity contribution in [2.45, 2.75) is 32.9 Å². The summed E-state index contributed by atoms with van der Waals surface area (Å²) in [7, 11) is -2.20. The third-order valence-corrected chi connectivity index (χ3v) is 6.40. The topological polar surface area (TPSA) is 86.8 Å². The number of sulfonamides is 1. The fourth-order valence-corrected chi connectivity index (χ4v) is 3.54. The van der Waals surface area contributed by atoms with Gasteiger partial charge in [0.1, 0.15) is 6.04 Å². The van der Waals surface area contributed by atoms with Crippen LogP contribution in [0, 0.1) is 5.92 Å². The Labute approximate surface area is 191 Å². The van der Waals surface area contributed by atoms with Gasteiger partial charge in [-0.15, -0.1) is 0 Å². The van der Waals surface area contributed by atoms with E-state index in [-0.39, 0.29) is 19.0 Å². The second-order valence-corrected chi connectivity index (χ2v) is 10.4. The Balaban J connectivity index is 2.42. The van der Waals surface area contributed by atoms with E-state index < -0.39 is 22.0 Å². The summed E-state index contributed by atoms with van der Waals surface area (Å²) in [4.78, 5) is 28.1. The van der Waals surface area contributed by atoms with Gasteiger partial charge in [-0.2, -0.15) is 4.31 Å². The molecule has 7 nitrogen and oxygen atoms in total. The van der Waals surface area contributed by atoms with Crippen molar-refractivity contribution in [3.63, 3.8) is 0 Å². The van der Waals surface area contributed by atoms with Gasteiger partial charge < -0.3 is 10.2 Å². The average Bonchev–Trinajstić information content (AvgIpc) is 2.73. The van der Waals surface area contributed by atoms with Gasteiger partial charge in [0.15, 0.2) is 0 Å². The van der Waals surface area contributed by atoms with Gasteiger partial charge in [0.05, 0.1) is 12.8 Å². The number of hydrogen-bond acceptors (Lipinski definition) is 4. The van der Waals surface area contributed by atoms with Crippen molar-refractivity contribution >= 4 is 21.8 Å². The number of benzene rings is 2. The molecular weight excluding hydrogens is 426 g/mol. The molecule has 0 aliphatic rings. The quantitative estimate of drug-likeness (QED) is 0.560. The SMILES string of the molecule is CC(C)CCNC(=O)[C@@H](c1ccccc1)N(Cc1ccccc1)C(=O)CN(C)S(C)(=O)=O. The Morgan fingerprint density at radius 3 is 2.06 bits per heavy atom. The molecule has 2 aromatic carbocycles. The molecular formula is C24H33N3O4S. The zero-order valence-electron chi connectivity index (χ0n) is 19.2. The maximum Gasteiger partial charge on any atom is 0.247 e. The van der Waals surface area contributed by atoms with Gasteiger partial charge in [0.2, 0.25) is 21.8 Å². The van der Waals surface area contributed by atoms with E-state index in [4.69, 9.17) is 0 Å². The molecule has 0 bridgehead atoms. The first kappa shape index (κ1) is 25.5. The fourth-order valence-electron chi connectivity index (χ4n) is 3.19. The summed E-state index contributed by atoms with van der Waals surface area (Å²) >= 11 is 0. The third-order valence-electron chi connectivity index (χ3n) is 5.14. The molecule has 1 atom stereocenters.